The van der Waals surface area contributed by atoms with E-state index in [-0.39, 0.29) is 28.4 Å². The van der Waals surface area contributed by atoms with Crippen LogP contribution in [0.2, 0.25) is 0 Å². The number of carbonyl (C=O) groups is 2. The molecule has 2 heteroatoms. The van der Waals surface area contributed by atoms with Gasteiger partial charge < -0.3 is 0 Å². The van der Waals surface area contributed by atoms with Gasteiger partial charge in [-0.3, -0.25) is 9.59 Å². The van der Waals surface area contributed by atoms with Crippen LogP contribution in [0.1, 0.15) is 53.9 Å². The highest BCUT2D eigenvalue weighted by atomic mass is 16.1. The summed E-state index contributed by atoms with van der Waals surface area (Å²) < 4.78 is 0. The summed E-state index contributed by atoms with van der Waals surface area (Å²) in [4.78, 5) is 23.9. The molecule has 0 radical (unpaired) electrons. The Morgan fingerprint density at radius 3 is 2.53 bits per heavy atom. The molecule has 0 spiro atoms. The molecule has 2 nitrogen and oxygen atoms in total. The van der Waals surface area contributed by atoms with E-state index in [9.17, 15) is 9.59 Å². The Morgan fingerprint density at radius 1 is 1.41 bits per heavy atom. The van der Waals surface area contributed by atoms with Gasteiger partial charge in [0.05, 0.1) is 0 Å². The molecule has 0 amide bonds. The van der Waals surface area contributed by atoms with Crippen LogP contribution in [0.3, 0.4) is 0 Å². The first-order chi connectivity index (χ1) is 7.70. The predicted molar refractivity (Wildman–Crippen MR) is 67.6 cm³/mol. The molecule has 2 aliphatic rings. The van der Waals surface area contributed by atoms with Crippen LogP contribution in [0, 0.1) is 28.6 Å². The molecule has 2 aliphatic carbocycles. The molecule has 2 rings (SSSR count). The fourth-order valence-corrected chi connectivity index (χ4v) is 3.80. The highest BCUT2D eigenvalue weighted by molar-refractivity contribution is 5.92. The van der Waals surface area contributed by atoms with Crippen molar-refractivity contribution in [1.82, 2.24) is 0 Å². The van der Waals surface area contributed by atoms with Gasteiger partial charge in [0.25, 0.3) is 0 Å². The Balaban J connectivity index is 2.12. The number of hydrogen-bond acceptors (Lipinski definition) is 2. The third-order valence-electron chi connectivity index (χ3n) is 5.39. The van der Waals surface area contributed by atoms with Gasteiger partial charge >= 0.3 is 0 Å². The molecule has 0 saturated heterocycles. The fourth-order valence-electron chi connectivity index (χ4n) is 3.80. The van der Waals surface area contributed by atoms with E-state index in [2.05, 4.69) is 20.8 Å². The van der Waals surface area contributed by atoms with Crippen molar-refractivity contribution in [3.8, 4) is 0 Å². The summed E-state index contributed by atoms with van der Waals surface area (Å²) in [6.45, 7) is 10.1. The van der Waals surface area contributed by atoms with E-state index in [4.69, 9.17) is 0 Å². The Morgan fingerprint density at radius 2 is 2.00 bits per heavy atom. The second kappa shape index (κ2) is 3.66. The number of rotatable bonds is 3. The van der Waals surface area contributed by atoms with E-state index >= 15 is 0 Å². The Kier molecular flexibility index (Phi) is 2.76. The average Bonchev–Trinajstić information content (AvgIpc) is 2.75. The topological polar surface area (TPSA) is 34.1 Å². The van der Waals surface area contributed by atoms with Gasteiger partial charge in [-0.2, -0.15) is 0 Å². The lowest BCUT2D eigenvalue weighted by Crippen LogP contribution is -2.36. The first kappa shape index (κ1) is 12.8. The van der Waals surface area contributed by atoms with Crippen LogP contribution in [0.4, 0.5) is 0 Å². The standard InChI is InChI=1S/C15H24O2/c1-9(10(2)16)8-15(5)7-6-11-12(13(15)17)14(11,3)4/h9,11-12H,6-8H2,1-5H3. The summed E-state index contributed by atoms with van der Waals surface area (Å²) in [6, 6.07) is 0. The van der Waals surface area contributed by atoms with E-state index in [1.165, 1.54) is 0 Å². The van der Waals surface area contributed by atoms with Gasteiger partial charge in [-0.15, -0.1) is 0 Å². The third-order valence-corrected chi connectivity index (χ3v) is 5.39. The van der Waals surface area contributed by atoms with Gasteiger partial charge in [0.2, 0.25) is 0 Å². The molecule has 0 aromatic rings. The van der Waals surface area contributed by atoms with E-state index in [1.54, 1.807) is 6.92 Å². The molecule has 4 atom stereocenters. The SMILES string of the molecule is CC(=O)C(C)CC1(C)CCC2C(C1=O)C2(C)C. The molecule has 96 valence electrons. The lowest BCUT2D eigenvalue weighted by atomic mass is 9.69. The quantitative estimate of drug-likeness (QED) is 0.754. The van der Waals surface area contributed by atoms with Crippen molar-refractivity contribution < 1.29 is 9.59 Å². The summed E-state index contributed by atoms with van der Waals surface area (Å²) in [5.74, 6) is 1.52. The predicted octanol–water partition coefficient (Wildman–Crippen LogP) is 3.24. The maximum Gasteiger partial charge on any atom is 0.142 e. The Bertz CT molecular complexity index is 369. The molecule has 17 heavy (non-hydrogen) atoms. The van der Waals surface area contributed by atoms with Crippen molar-refractivity contribution in [3.63, 3.8) is 0 Å². The van der Waals surface area contributed by atoms with Gasteiger partial charge in [0.15, 0.2) is 0 Å². The maximum atomic E-state index is 12.6. The van der Waals surface area contributed by atoms with Crippen LogP contribution in [-0.4, -0.2) is 11.6 Å². The first-order valence-electron chi connectivity index (χ1n) is 6.75. The minimum atomic E-state index is -0.250. The van der Waals surface area contributed by atoms with E-state index in [0.717, 1.165) is 19.3 Å². The number of Topliss-reactive ketones (excluding diaryl/α,β-unsaturated/α-hetero) is 2. The molecular weight excluding hydrogens is 212 g/mol. The molecule has 4 unspecified atom stereocenters. The molecule has 0 heterocycles. The highest BCUT2D eigenvalue weighted by Crippen LogP contribution is 2.66. The summed E-state index contributed by atoms with van der Waals surface area (Å²) in [6.07, 6.45) is 2.86. The van der Waals surface area contributed by atoms with E-state index in [0.29, 0.717) is 11.7 Å². The Labute approximate surface area is 104 Å². The van der Waals surface area contributed by atoms with Crippen molar-refractivity contribution in [3.05, 3.63) is 0 Å². The molecule has 2 fully saturated rings. The van der Waals surface area contributed by atoms with E-state index < -0.39 is 0 Å². The van der Waals surface area contributed by atoms with E-state index in [1.807, 2.05) is 6.92 Å². The van der Waals surface area contributed by atoms with Crippen LogP contribution >= 0.6 is 0 Å². The van der Waals surface area contributed by atoms with Crippen LogP contribution < -0.4 is 0 Å². The molecule has 0 aromatic heterocycles. The fraction of sp³-hybridized carbons (Fsp3) is 0.867. The average molecular weight is 236 g/mol. The lowest BCUT2D eigenvalue weighted by molar-refractivity contribution is -0.134. The molecular formula is C15H24O2. The van der Waals surface area contributed by atoms with Crippen molar-refractivity contribution in [2.45, 2.75) is 53.9 Å². The molecule has 0 N–H and O–H groups in total. The monoisotopic (exact) mass is 236 g/mol. The first-order valence-corrected chi connectivity index (χ1v) is 6.75. The smallest absolute Gasteiger partial charge is 0.142 e. The zero-order valence-corrected chi connectivity index (χ0v) is 11.7. The summed E-state index contributed by atoms with van der Waals surface area (Å²) in [5, 5.41) is 0. The van der Waals surface area contributed by atoms with Gasteiger partial charge in [0, 0.05) is 17.3 Å². The maximum absolute atomic E-state index is 12.6. The minimum absolute atomic E-state index is 0.0161. The lowest BCUT2D eigenvalue weighted by Gasteiger charge is -2.33. The van der Waals surface area contributed by atoms with Crippen molar-refractivity contribution >= 4 is 11.6 Å². The van der Waals surface area contributed by atoms with Crippen LogP contribution in [0.5, 0.6) is 0 Å². The van der Waals surface area contributed by atoms with Crippen molar-refractivity contribution in [2.24, 2.45) is 28.6 Å². The number of hydrogen-bond donors (Lipinski definition) is 0. The summed E-state index contributed by atoms with van der Waals surface area (Å²) >= 11 is 0. The second-order valence-electron chi connectivity index (χ2n) is 7.08. The molecule has 0 aliphatic heterocycles. The Hall–Kier alpha value is -0.660. The van der Waals surface area contributed by atoms with Gasteiger partial charge in [-0.05, 0) is 37.5 Å². The summed E-state index contributed by atoms with van der Waals surface area (Å²) in [7, 11) is 0. The normalized spacial score (nSPS) is 40.6. The summed E-state index contributed by atoms with van der Waals surface area (Å²) in [5.41, 5.74) is -0.0334. The number of ketones is 2. The van der Waals surface area contributed by atoms with Crippen LogP contribution in [-0.2, 0) is 9.59 Å². The van der Waals surface area contributed by atoms with Crippen molar-refractivity contribution in [2.75, 3.05) is 0 Å². The molecule has 0 aromatic carbocycles. The zero-order valence-electron chi connectivity index (χ0n) is 11.7. The highest BCUT2D eigenvalue weighted by Gasteiger charge is 2.66. The number of fused-ring (bicyclic) bond motifs is 1. The molecule has 0 bridgehead atoms. The second-order valence-corrected chi connectivity index (χ2v) is 7.08. The van der Waals surface area contributed by atoms with Crippen molar-refractivity contribution in [1.29, 1.82) is 0 Å². The number of carbonyl (C=O) groups excluding carboxylic acids is 2. The third kappa shape index (κ3) is 1.86. The largest absolute Gasteiger partial charge is 0.300 e. The molecule has 2 saturated carbocycles. The van der Waals surface area contributed by atoms with Crippen LogP contribution in [0.15, 0.2) is 0 Å². The minimum Gasteiger partial charge on any atom is -0.300 e. The van der Waals surface area contributed by atoms with Gasteiger partial charge in [-0.1, -0.05) is 27.7 Å². The zero-order chi connectivity index (χ0) is 13.0. The van der Waals surface area contributed by atoms with Crippen LogP contribution in [0.25, 0.3) is 0 Å². The van der Waals surface area contributed by atoms with Gasteiger partial charge in [-0.25, -0.2) is 0 Å². The van der Waals surface area contributed by atoms with Gasteiger partial charge in [0.1, 0.15) is 11.6 Å².